The minimum atomic E-state index is -3.99. The maximum Gasteiger partial charge on any atom is 0.272 e. The number of carbonyl (C=O) groups excluding carboxylic acids is 2. The average molecular weight is 436 g/mol. The summed E-state index contributed by atoms with van der Waals surface area (Å²) < 4.78 is 27.4. The number of nitrogens with one attached hydrogen (secondary N) is 2. The Morgan fingerprint density at radius 3 is 2.48 bits per heavy atom. The van der Waals surface area contributed by atoms with Gasteiger partial charge in [0.15, 0.2) is 5.71 Å². The van der Waals surface area contributed by atoms with Crippen LogP contribution in [-0.2, 0) is 19.6 Å². The van der Waals surface area contributed by atoms with E-state index in [0.29, 0.717) is 17.7 Å². The highest BCUT2D eigenvalue weighted by molar-refractivity contribution is 7.92. The molecule has 0 bridgehead atoms. The van der Waals surface area contributed by atoms with Gasteiger partial charge >= 0.3 is 0 Å². The lowest BCUT2D eigenvalue weighted by molar-refractivity contribution is -0.119. The molecule has 1 heterocycles. The molecule has 2 aliphatic rings. The van der Waals surface area contributed by atoms with Gasteiger partial charge in [-0.05, 0) is 30.7 Å². The fourth-order valence-corrected chi connectivity index (χ4v) is 4.82. The standard InChI is InChI=1S/C22H20N4O4S/c27-20(24-25-21-18-13-7-8-14-19(18)23-22(21)28)15-26(16-9-3-1-4-10-16)31(29,30)17-11-5-2-6-12-17/h1-6,8-14,19H,7,15H2,(H,23,28)(H,24,27)/b25-21-. The van der Waals surface area contributed by atoms with Crippen molar-refractivity contribution in [2.45, 2.75) is 17.4 Å². The van der Waals surface area contributed by atoms with Crippen LogP contribution in [0.5, 0.6) is 0 Å². The molecule has 0 aromatic heterocycles. The number of hydrogen-bond acceptors (Lipinski definition) is 5. The summed E-state index contributed by atoms with van der Waals surface area (Å²) >= 11 is 0. The van der Waals surface area contributed by atoms with Crippen LogP contribution in [0.15, 0.2) is 94.5 Å². The van der Waals surface area contributed by atoms with E-state index in [-0.39, 0.29) is 22.6 Å². The van der Waals surface area contributed by atoms with Gasteiger partial charge in [0, 0.05) is 5.57 Å². The summed E-state index contributed by atoms with van der Waals surface area (Å²) in [6.45, 7) is -0.498. The van der Waals surface area contributed by atoms with E-state index in [0.717, 1.165) is 4.31 Å². The van der Waals surface area contributed by atoms with Gasteiger partial charge in [0.2, 0.25) is 0 Å². The number of carbonyl (C=O) groups is 2. The van der Waals surface area contributed by atoms with E-state index in [9.17, 15) is 18.0 Å². The van der Waals surface area contributed by atoms with Crippen LogP contribution < -0.4 is 15.0 Å². The first-order chi connectivity index (χ1) is 15.0. The molecular formula is C22H20N4O4S. The molecule has 9 heteroatoms. The highest BCUT2D eigenvalue weighted by atomic mass is 32.2. The molecule has 1 aliphatic heterocycles. The molecule has 1 aliphatic carbocycles. The molecule has 2 N–H and O–H groups in total. The van der Waals surface area contributed by atoms with Crippen molar-refractivity contribution in [1.82, 2.24) is 10.7 Å². The Morgan fingerprint density at radius 1 is 1.10 bits per heavy atom. The summed E-state index contributed by atoms with van der Waals surface area (Å²) in [7, 11) is -3.99. The van der Waals surface area contributed by atoms with Crippen molar-refractivity contribution in [2.24, 2.45) is 5.10 Å². The van der Waals surface area contributed by atoms with Crippen molar-refractivity contribution >= 4 is 33.2 Å². The van der Waals surface area contributed by atoms with Crippen molar-refractivity contribution in [3.8, 4) is 0 Å². The summed E-state index contributed by atoms with van der Waals surface area (Å²) in [4.78, 5) is 24.9. The minimum Gasteiger partial charge on any atom is -0.340 e. The number of sulfonamides is 1. The van der Waals surface area contributed by atoms with Crippen LogP contribution in [0.3, 0.4) is 0 Å². The van der Waals surface area contributed by atoms with E-state index in [1.807, 2.05) is 18.2 Å². The number of nitrogens with zero attached hydrogens (tertiary/aromatic N) is 2. The van der Waals surface area contributed by atoms with Crippen LogP contribution in [0.1, 0.15) is 6.42 Å². The quantitative estimate of drug-likeness (QED) is 0.531. The Morgan fingerprint density at radius 2 is 1.77 bits per heavy atom. The van der Waals surface area contributed by atoms with Crippen molar-refractivity contribution in [3.63, 3.8) is 0 Å². The summed E-state index contributed by atoms with van der Waals surface area (Å²) in [5.74, 6) is -1.06. The number of hydrazone groups is 1. The van der Waals surface area contributed by atoms with Gasteiger partial charge in [0.25, 0.3) is 21.8 Å². The second-order valence-corrected chi connectivity index (χ2v) is 8.79. The summed E-state index contributed by atoms with van der Waals surface area (Å²) in [6, 6.07) is 16.0. The van der Waals surface area contributed by atoms with Gasteiger partial charge in [-0.3, -0.25) is 13.9 Å². The van der Waals surface area contributed by atoms with Gasteiger partial charge in [-0.15, -0.1) is 0 Å². The first kappa shape index (κ1) is 20.5. The molecule has 1 saturated heterocycles. The number of anilines is 1. The number of fused-ring (bicyclic) bond motifs is 1. The van der Waals surface area contributed by atoms with E-state index in [2.05, 4.69) is 15.8 Å². The molecule has 2 amide bonds. The SMILES string of the molecule is O=C(CN(c1ccccc1)S(=O)(=O)c1ccccc1)N/N=C1\C(=O)NC2C=CCC=C12. The number of benzene rings is 2. The highest BCUT2D eigenvalue weighted by Crippen LogP contribution is 2.23. The monoisotopic (exact) mass is 436 g/mol. The molecule has 8 nitrogen and oxygen atoms in total. The molecule has 158 valence electrons. The fraction of sp³-hybridized carbons (Fsp3) is 0.136. The molecule has 2 aromatic rings. The van der Waals surface area contributed by atoms with Crippen LogP contribution in [0.2, 0.25) is 0 Å². The van der Waals surface area contributed by atoms with E-state index in [1.54, 1.807) is 48.5 Å². The maximum absolute atomic E-state index is 13.2. The lowest BCUT2D eigenvalue weighted by atomic mass is 10.0. The number of allylic oxidation sites excluding steroid dienone is 2. The molecule has 2 aromatic carbocycles. The Hall–Kier alpha value is -3.72. The molecule has 0 radical (unpaired) electrons. The van der Waals surface area contributed by atoms with Gasteiger partial charge in [-0.2, -0.15) is 5.10 Å². The molecule has 0 saturated carbocycles. The zero-order valence-electron chi connectivity index (χ0n) is 16.4. The lowest BCUT2D eigenvalue weighted by Gasteiger charge is -2.23. The zero-order chi connectivity index (χ0) is 21.8. The normalized spacial score (nSPS) is 18.8. The Bertz CT molecular complexity index is 1190. The van der Waals surface area contributed by atoms with Gasteiger partial charge in [-0.1, -0.05) is 54.6 Å². The smallest absolute Gasteiger partial charge is 0.272 e. The summed E-state index contributed by atoms with van der Waals surface area (Å²) in [5, 5.41) is 6.73. The molecular weight excluding hydrogens is 416 g/mol. The fourth-order valence-electron chi connectivity index (χ4n) is 3.38. The van der Waals surface area contributed by atoms with Gasteiger partial charge in [0.05, 0.1) is 16.6 Å². The predicted octanol–water partition coefficient (Wildman–Crippen LogP) is 1.74. The third-order valence-corrected chi connectivity index (χ3v) is 6.66. The zero-order valence-corrected chi connectivity index (χ0v) is 17.2. The molecule has 31 heavy (non-hydrogen) atoms. The Labute approximate surface area is 180 Å². The van der Waals surface area contributed by atoms with E-state index >= 15 is 0 Å². The largest absolute Gasteiger partial charge is 0.340 e. The van der Waals surface area contributed by atoms with E-state index in [4.69, 9.17) is 0 Å². The van der Waals surface area contributed by atoms with Crippen molar-refractivity contribution in [1.29, 1.82) is 0 Å². The lowest BCUT2D eigenvalue weighted by Crippen LogP contribution is -2.40. The molecule has 1 unspecified atom stereocenters. The van der Waals surface area contributed by atoms with Crippen LogP contribution >= 0.6 is 0 Å². The number of amides is 2. The first-order valence-corrected chi connectivity index (χ1v) is 11.1. The number of rotatable bonds is 6. The third kappa shape index (κ3) is 4.26. The molecule has 1 atom stereocenters. The molecule has 0 spiro atoms. The van der Waals surface area contributed by atoms with Crippen molar-refractivity contribution in [3.05, 3.63) is 84.5 Å². The van der Waals surface area contributed by atoms with Crippen LogP contribution in [0.4, 0.5) is 5.69 Å². The Kier molecular flexibility index (Phi) is 5.68. The topological polar surface area (TPSA) is 108 Å². The maximum atomic E-state index is 13.2. The number of hydrogen-bond donors (Lipinski definition) is 2. The molecule has 4 rings (SSSR count). The van der Waals surface area contributed by atoms with Gasteiger partial charge < -0.3 is 5.32 Å². The summed E-state index contributed by atoms with van der Waals surface area (Å²) in [6.07, 6.45) is 6.33. The number of para-hydroxylation sites is 1. The molecule has 1 fully saturated rings. The van der Waals surface area contributed by atoms with E-state index < -0.39 is 22.5 Å². The highest BCUT2D eigenvalue weighted by Gasteiger charge is 2.33. The Balaban J connectivity index is 1.57. The predicted molar refractivity (Wildman–Crippen MR) is 117 cm³/mol. The van der Waals surface area contributed by atoms with Crippen LogP contribution in [0.25, 0.3) is 0 Å². The second kappa shape index (κ2) is 8.57. The third-order valence-electron chi connectivity index (χ3n) is 4.87. The van der Waals surface area contributed by atoms with Gasteiger partial charge in [-0.25, -0.2) is 13.8 Å². The minimum absolute atomic E-state index is 0.0649. The van der Waals surface area contributed by atoms with Crippen LogP contribution in [-0.4, -0.2) is 38.5 Å². The first-order valence-electron chi connectivity index (χ1n) is 9.64. The second-order valence-electron chi connectivity index (χ2n) is 6.93. The van der Waals surface area contributed by atoms with Gasteiger partial charge in [0.1, 0.15) is 6.54 Å². The van der Waals surface area contributed by atoms with Crippen LogP contribution in [0, 0.1) is 0 Å². The average Bonchev–Trinajstić information content (AvgIpc) is 3.12. The van der Waals surface area contributed by atoms with Crippen molar-refractivity contribution in [2.75, 3.05) is 10.8 Å². The van der Waals surface area contributed by atoms with E-state index in [1.165, 1.54) is 12.1 Å². The summed E-state index contributed by atoms with van der Waals surface area (Å²) in [5.41, 5.74) is 3.49. The van der Waals surface area contributed by atoms with Crippen molar-refractivity contribution < 1.29 is 18.0 Å².